The van der Waals surface area contributed by atoms with Gasteiger partial charge in [-0.3, -0.25) is 20.0 Å². The molecule has 0 radical (unpaired) electrons. The van der Waals surface area contributed by atoms with Crippen LogP contribution in [-0.2, 0) is 9.59 Å². The highest BCUT2D eigenvalue weighted by atomic mass is 16.2. The van der Waals surface area contributed by atoms with E-state index < -0.39 is 0 Å². The lowest BCUT2D eigenvalue weighted by Gasteiger charge is -2.24. The Hall–Kier alpha value is -2.04. The number of carbonyl (C=O) groups is 2. The fourth-order valence-corrected chi connectivity index (χ4v) is 1.53. The minimum atomic E-state index is -0.0105. The molecule has 2 amide bonds. The van der Waals surface area contributed by atoms with Crippen molar-refractivity contribution < 1.29 is 9.59 Å². The summed E-state index contributed by atoms with van der Waals surface area (Å²) >= 11 is 0. The van der Waals surface area contributed by atoms with E-state index in [9.17, 15) is 9.59 Å². The lowest BCUT2D eigenvalue weighted by atomic mass is 10.3. The highest BCUT2D eigenvalue weighted by Crippen LogP contribution is 2.07. The monoisotopic (exact) mass is 263 g/mol. The Labute approximate surface area is 114 Å². The van der Waals surface area contributed by atoms with E-state index in [4.69, 9.17) is 0 Å². The third-order valence-corrected chi connectivity index (χ3v) is 2.62. The highest BCUT2D eigenvalue weighted by molar-refractivity contribution is 5.78. The van der Waals surface area contributed by atoms with Crippen LogP contribution in [-0.4, -0.2) is 29.9 Å². The molecule has 0 saturated carbocycles. The SMILES string of the molecule is CCC(=O)NCCN(Nc1ccccc1)C(=O)CC. The van der Waals surface area contributed by atoms with Gasteiger partial charge >= 0.3 is 0 Å². The summed E-state index contributed by atoms with van der Waals surface area (Å²) in [5.74, 6) is -0.0155. The Balaban J connectivity index is 2.53. The summed E-state index contributed by atoms with van der Waals surface area (Å²) in [6, 6.07) is 9.49. The van der Waals surface area contributed by atoms with E-state index in [2.05, 4.69) is 10.7 Å². The van der Waals surface area contributed by atoms with E-state index in [1.165, 1.54) is 5.01 Å². The second-order valence-electron chi connectivity index (χ2n) is 4.08. The number of hydrazine groups is 1. The zero-order valence-corrected chi connectivity index (χ0v) is 11.5. The summed E-state index contributed by atoms with van der Waals surface area (Å²) in [5, 5.41) is 4.29. The first-order valence-corrected chi connectivity index (χ1v) is 6.56. The average Bonchev–Trinajstić information content (AvgIpc) is 2.46. The smallest absolute Gasteiger partial charge is 0.240 e. The van der Waals surface area contributed by atoms with Crippen molar-refractivity contribution in [3.63, 3.8) is 0 Å². The number of para-hydroxylation sites is 1. The summed E-state index contributed by atoms with van der Waals surface area (Å²) in [4.78, 5) is 23.0. The maximum Gasteiger partial charge on any atom is 0.240 e. The number of amides is 2. The number of hydrogen-bond acceptors (Lipinski definition) is 3. The van der Waals surface area contributed by atoms with E-state index in [0.29, 0.717) is 25.9 Å². The van der Waals surface area contributed by atoms with Gasteiger partial charge in [-0.05, 0) is 12.1 Å². The molecule has 0 aliphatic heterocycles. The summed E-state index contributed by atoms with van der Waals surface area (Å²) in [6.07, 6.45) is 0.870. The van der Waals surface area contributed by atoms with Gasteiger partial charge in [-0.25, -0.2) is 0 Å². The van der Waals surface area contributed by atoms with Gasteiger partial charge in [0, 0.05) is 19.4 Å². The highest BCUT2D eigenvalue weighted by Gasteiger charge is 2.11. The van der Waals surface area contributed by atoms with Crippen LogP contribution in [0.5, 0.6) is 0 Å². The van der Waals surface area contributed by atoms with Crippen molar-refractivity contribution in [1.82, 2.24) is 10.3 Å². The first kappa shape index (κ1) is 15.0. The van der Waals surface area contributed by atoms with E-state index in [0.717, 1.165) is 5.69 Å². The van der Waals surface area contributed by atoms with Crippen LogP contribution in [0.4, 0.5) is 5.69 Å². The fourth-order valence-electron chi connectivity index (χ4n) is 1.53. The van der Waals surface area contributed by atoms with Gasteiger partial charge in [0.2, 0.25) is 11.8 Å². The van der Waals surface area contributed by atoms with E-state index in [1.807, 2.05) is 37.3 Å². The van der Waals surface area contributed by atoms with Crippen molar-refractivity contribution in [3.8, 4) is 0 Å². The van der Waals surface area contributed by atoms with Gasteiger partial charge in [0.15, 0.2) is 0 Å². The molecule has 5 nitrogen and oxygen atoms in total. The molecule has 0 saturated heterocycles. The minimum absolute atomic E-state index is 0.00500. The quantitative estimate of drug-likeness (QED) is 0.737. The van der Waals surface area contributed by atoms with Crippen LogP contribution in [0.15, 0.2) is 30.3 Å². The van der Waals surface area contributed by atoms with Crippen molar-refractivity contribution in [2.24, 2.45) is 0 Å². The number of rotatable bonds is 7. The molecular formula is C14H21N3O2. The molecule has 0 bridgehead atoms. The van der Waals surface area contributed by atoms with Crippen LogP contribution >= 0.6 is 0 Å². The number of nitrogens with zero attached hydrogens (tertiary/aromatic N) is 1. The molecule has 1 aromatic rings. The first-order chi connectivity index (χ1) is 9.17. The van der Waals surface area contributed by atoms with Crippen molar-refractivity contribution in [2.45, 2.75) is 26.7 Å². The molecule has 0 aromatic heterocycles. The zero-order valence-electron chi connectivity index (χ0n) is 11.5. The molecule has 0 heterocycles. The van der Waals surface area contributed by atoms with Crippen LogP contribution < -0.4 is 10.7 Å². The van der Waals surface area contributed by atoms with E-state index >= 15 is 0 Å². The van der Waals surface area contributed by atoms with Crippen molar-refractivity contribution in [2.75, 3.05) is 18.5 Å². The van der Waals surface area contributed by atoms with Crippen LogP contribution in [0.3, 0.4) is 0 Å². The predicted molar refractivity (Wildman–Crippen MR) is 75.4 cm³/mol. The van der Waals surface area contributed by atoms with Gasteiger partial charge in [-0.1, -0.05) is 32.0 Å². The van der Waals surface area contributed by atoms with Crippen LogP contribution in [0, 0.1) is 0 Å². The minimum Gasteiger partial charge on any atom is -0.354 e. The van der Waals surface area contributed by atoms with Crippen LogP contribution in [0.1, 0.15) is 26.7 Å². The van der Waals surface area contributed by atoms with Gasteiger partial charge in [0.25, 0.3) is 0 Å². The Morgan fingerprint density at radius 2 is 1.79 bits per heavy atom. The topological polar surface area (TPSA) is 61.4 Å². The number of benzene rings is 1. The molecule has 0 unspecified atom stereocenters. The first-order valence-electron chi connectivity index (χ1n) is 6.56. The number of anilines is 1. The lowest BCUT2D eigenvalue weighted by Crippen LogP contribution is -2.41. The van der Waals surface area contributed by atoms with Gasteiger partial charge < -0.3 is 5.32 Å². The van der Waals surface area contributed by atoms with E-state index in [-0.39, 0.29) is 11.8 Å². The Morgan fingerprint density at radius 1 is 1.11 bits per heavy atom. The molecule has 0 aliphatic carbocycles. The summed E-state index contributed by atoms with van der Waals surface area (Å²) in [5.41, 5.74) is 3.91. The van der Waals surface area contributed by atoms with Crippen LogP contribution in [0.25, 0.3) is 0 Å². The standard InChI is InChI=1S/C14H21N3O2/c1-3-13(18)15-10-11-17(14(19)4-2)16-12-8-6-5-7-9-12/h5-9,16H,3-4,10-11H2,1-2H3,(H,15,18). The lowest BCUT2D eigenvalue weighted by molar-refractivity contribution is -0.130. The van der Waals surface area contributed by atoms with E-state index in [1.54, 1.807) is 6.92 Å². The molecule has 104 valence electrons. The number of nitrogens with one attached hydrogen (secondary N) is 2. The van der Waals surface area contributed by atoms with Crippen molar-refractivity contribution in [1.29, 1.82) is 0 Å². The van der Waals surface area contributed by atoms with Crippen LogP contribution in [0.2, 0.25) is 0 Å². The molecular weight excluding hydrogens is 242 g/mol. The maximum atomic E-state index is 11.8. The van der Waals surface area contributed by atoms with Crippen molar-refractivity contribution >= 4 is 17.5 Å². The van der Waals surface area contributed by atoms with Gasteiger partial charge in [0.05, 0.1) is 12.2 Å². The molecule has 0 fully saturated rings. The molecule has 1 aromatic carbocycles. The average molecular weight is 263 g/mol. The number of carbonyl (C=O) groups excluding carboxylic acids is 2. The second-order valence-corrected chi connectivity index (χ2v) is 4.08. The molecule has 19 heavy (non-hydrogen) atoms. The summed E-state index contributed by atoms with van der Waals surface area (Å²) < 4.78 is 0. The molecule has 2 N–H and O–H groups in total. The zero-order chi connectivity index (χ0) is 14.1. The van der Waals surface area contributed by atoms with Gasteiger partial charge in [-0.2, -0.15) is 0 Å². The molecule has 0 atom stereocenters. The normalized spacial score (nSPS) is 9.79. The van der Waals surface area contributed by atoms with Gasteiger partial charge in [-0.15, -0.1) is 0 Å². The third-order valence-electron chi connectivity index (χ3n) is 2.62. The fraction of sp³-hybridized carbons (Fsp3) is 0.429. The molecule has 0 spiro atoms. The molecule has 5 heteroatoms. The Morgan fingerprint density at radius 3 is 2.37 bits per heavy atom. The second kappa shape index (κ2) is 8.13. The summed E-state index contributed by atoms with van der Waals surface area (Å²) in [7, 11) is 0. The molecule has 1 rings (SSSR count). The number of hydrogen-bond donors (Lipinski definition) is 2. The maximum absolute atomic E-state index is 11.8. The van der Waals surface area contributed by atoms with Gasteiger partial charge in [0.1, 0.15) is 0 Å². The predicted octanol–water partition coefficient (Wildman–Crippen LogP) is 1.78. The Kier molecular flexibility index (Phi) is 6.43. The summed E-state index contributed by atoms with van der Waals surface area (Å²) in [6.45, 7) is 4.49. The largest absolute Gasteiger partial charge is 0.354 e. The van der Waals surface area contributed by atoms with Crippen molar-refractivity contribution in [3.05, 3.63) is 30.3 Å². The third kappa shape index (κ3) is 5.42. The molecule has 0 aliphatic rings. The Bertz CT molecular complexity index is 406.